The summed E-state index contributed by atoms with van der Waals surface area (Å²) in [4.78, 5) is 30.4. The fourth-order valence-electron chi connectivity index (χ4n) is 2.81. The van der Waals surface area contributed by atoms with Crippen LogP contribution in [0.15, 0.2) is 35.4 Å². The van der Waals surface area contributed by atoms with Crippen molar-refractivity contribution < 1.29 is 14.6 Å². The normalized spacial score (nSPS) is 12.3. The number of carbonyl (C=O) groups is 1. The van der Waals surface area contributed by atoms with E-state index in [1.54, 1.807) is 24.3 Å². The fourth-order valence-corrected chi connectivity index (χ4v) is 3.80. The standard InChI is InChI=1S/C20H22N2O4S/c1-4-17(24)14-5-7-16(8-6-14)26-10-15(23)9-22-11-21-19-18(20(22)25)12(2)13(3)27-19/h5-8,11,15,23H,4,9-10H2,1-3H3. The number of thiophene rings is 1. The van der Waals surface area contributed by atoms with Crippen LogP contribution >= 0.6 is 11.3 Å². The smallest absolute Gasteiger partial charge is 0.262 e. The molecule has 0 amide bonds. The molecule has 0 aliphatic carbocycles. The Labute approximate surface area is 161 Å². The molecule has 27 heavy (non-hydrogen) atoms. The van der Waals surface area contributed by atoms with Crippen LogP contribution in [0.5, 0.6) is 5.75 Å². The van der Waals surface area contributed by atoms with Gasteiger partial charge >= 0.3 is 0 Å². The van der Waals surface area contributed by atoms with Crippen LogP contribution in [0.4, 0.5) is 0 Å². The van der Waals surface area contributed by atoms with Gasteiger partial charge in [0.25, 0.3) is 5.56 Å². The Morgan fingerprint density at radius 2 is 2.00 bits per heavy atom. The molecular formula is C20H22N2O4S. The maximum Gasteiger partial charge on any atom is 0.262 e. The number of aryl methyl sites for hydroxylation is 2. The van der Waals surface area contributed by atoms with Gasteiger partial charge in [-0.05, 0) is 43.7 Å². The Hall–Kier alpha value is -2.51. The van der Waals surface area contributed by atoms with Crippen molar-refractivity contribution in [1.29, 1.82) is 0 Å². The van der Waals surface area contributed by atoms with E-state index in [1.807, 2.05) is 20.8 Å². The molecule has 1 aromatic carbocycles. The third-order valence-corrected chi connectivity index (χ3v) is 5.62. The van der Waals surface area contributed by atoms with E-state index in [2.05, 4.69) is 4.98 Å². The summed E-state index contributed by atoms with van der Waals surface area (Å²) < 4.78 is 6.98. The minimum Gasteiger partial charge on any atom is -0.491 e. The first-order valence-electron chi connectivity index (χ1n) is 8.80. The van der Waals surface area contributed by atoms with E-state index in [1.165, 1.54) is 22.2 Å². The molecule has 1 N–H and O–H groups in total. The highest BCUT2D eigenvalue weighted by Gasteiger charge is 2.14. The minimum atomic E-state index is -0.862. The summed E-state index contributed by atoms with van der Waals surface area (Å²) in [6.45, 7) is 5.83. The first kappa shape index (κ1) is 19.3. The maximum atomic E-state index is 12.6. The van der Waals surface area contributed by atoms with Crippen molar-refractivity contribution in [3.05, 3.63) is 57.0 Å². The Morgan fingerprint density at radius 3 is 2.67 bits per heavy atom. The highest BCUT2D eigenvalue weighted by atomic mass is 32.1. The molecule has 0 spiro atoms. The van der Waals surface area contributed by atoms with E-state index in [9.17, 15) is 14.7 Å². The largest absolute Gasteiger partial charge is 0.491 e. The number of ether oxygens (including phenoxy) is 1. The summed E-state index contributed by atoms with van der Waals surface area (Å²) in [7, 11) is 0. The number of carbonyl (C=O) groups excluding carboxylic acids is 1. The van der Waals surface area contributed by atoms with E-state index in [0.717, 1.165) is 15.3 Å². The molecule has 0 aliphatic rings. The zero-order valence-corrected chi connectivity index (χ0v) is 16.4. The second kappa shape index (κ2) is 8.02. The van der Waals surface area contributed by atoms with Gasteiger partial charge in [0, 0.05) is 16.9 Å². The van der Waals surface area contributed by atoms with Crippen LogP contribution in [0, 0.1) is 13.8 Å². The summed E-state index contributed by atoms with van der Waals surface area (Å²) in [6, 6.07) is 6.81. The molecule has 2 aromatic heterocycles. The molecule has 142 valence electrons. The molecule has 6 nitrogen and oxygen atoms in total. The lowest BCUT2D eigenvalue weighted by Crippen LogP contribution is -2.30. The van der Waals surface area contributed by atoms with Crippen molar-refractivity contribution in [2.75, 3.05) is 6.61 Å². The van der Waals surface area contributed by atoms with Crippen molar-refractivity contribution in [2.24, 2.45) is 0 Å². The van der Waals surface area contributed by atoms with Crippen LogP contribution in [0.3, 0.4) is 0 Å². The van der Waals surface area contributed by atoms with E-state index in [4.69, 9.17) is 4.74 Å². The number of nitrogens with zero attached hydrogens (tertiary/aromatic N) is 2. The number of hydrogen-bond donors (Lipinski definition) is 1. The molecule has 0 saturated heterocycles. The van der Waals surface area contributed by atoms with Gasteiger partial charge in [0.2, 0.25) is 0 Å². The highest BCUT2D eigenvalue weighted by molar-refractivity contribution is 7.18. The number of aliphatic hydroxyl groups excluding tert-OH is 1. The summed E-state index contributed by atoms with van der Waals surface area (Å²) in [6.07, 6.45) is 1.06. The first-order chi connectivity index (χ1) is 12.9. The zero-order valence-electron chi connectivity index (χ0n) is 15.6. The van der Waals surface area contributed by atoms with E-state index in [0.29, 0.717) is 23.1 Å². The molecule has 0 fully saturated rings. The van der Waals surface area contributed by atoms with Crippen molar-refractivity contribution >= 4 is 27.3 Å². The van der Waals surface area contributed by atoms with Gasteiger partial charge < -0.3 is 9.84 Å². The van der Waals surface area contributed by atoms with Gasteiger partial charge in [-0.25, -0.2) is 4.98 Å². The lowest BCUT2D eigenvalue weighted by molar-refractivity contribution is 0.0913. The molecular weight excluding hydrogens is 364 g/mol. The van der Waals surface area contributed by atoms with Crippen molar-refractivity contribution in [3.8, 4) is 5.75 Å². The van der Waals surface area contributed by atoms with Crippen molar-refractivity contribution in [1.82, 2.24) is 9.55 Å². The number of rotatable bonds is 7. The average Bonchev–Trinajstić information content (AvgIpc) is 2.97. The number of fused-ring (bicyclic) bond motifs is 1. The molecule has 0 aliphatic heterocycles. The Bertz CT molecular complexity index is 1020. The van der Waals surface area contributed by atoms with Gasteiger partial charge in [0.05, 0.1) is 18.3 Å². The van der Waals surface area contributed by atoms with Crippen LogP contribution in [-0.4, -0.2) is 33.2 Å². The van der Waals surface area contributed by atoms with E-state index >= 15 is 0 Å². The monoisotopic (exact) mass is 386 g/mol. The predicted octanol–water partition coefficient (Wildman–Crippen LogP) is 3.11. The number of benzene rings is 1. The van der Waals surface area contributed by atoms with Crippen molar-refractivity contribution in [2.45, 2.75) is 39.8 Å². The SMILES string of the molecule is CCC(=O)c1ccc(OCC(O)Cn2cnc3sc(C)c(C)c3c2=O)cc1. The average molecular weight is 386 g/mol. The number of aliphatic hydroxyl groups is 1. The van der Waals surface area contributed by atoms with Crippen LogP contribution in [0.1, 0.15) is 34.1 Å². The van der Waals surface area contributed by atoms with E-state index < -0.39 is 6.10 Å². The maximum absolute atomic E-state index is 12.6. The Morgan fingerprint density at radius 1 is 1.30 bits per heavy atom. The van der Waals surface area contributed by atoms with Crippen molar-refractivity contribution in [3.63, 3.8) is 0 Å². The Kier molecular flexibility index (Phi) is 5.72. The molecule has 0 radical (unpaired) electrons. The third-order valence-electron chi connectivity index (χ3n) is 4.50. The number of ketones is 1. The third kappa shape index (κ3) is 4.09. The summed E-state index contributed by atoms with van der Waals surface area (Å²) in [5.41, 5.74) is 1.43. The molecule has 0 bridgehead atoms. The quantitative estimate of drug-likeness (QED) is 0.631. The molecule has 3 rings (SSSR count). The fraction of sp³-hybridized carbons (Fsp3) is 0.350. The van der Waals surface area contributed by atoms with Crippen LogP contribution < -0.4 is 10.3 Å². The van der Waals surface area contributed by atoms with Gasteiger partial charge in [0.15, 0.2) is 5.78 Å². The van der Waals surface area contributed by atoms with Crippen LogP contribution in [0.25, 0.3) is 10.2 Å². The second-order valence-corrected chi connectivity index (χ2v) is 7.63. The minimum absolute atomic E-state index is 0.0349. The van der Waals surface area contributed by atoms with Gasteiger partial charge in [-0.1, -0.05) is 6.92 Å². The molecule has 1 unspecified atom stereocenters. The second-order valence-electron chi connectivity index (χ2n) is 6.43. The summed E-state index contributed by atoms with van der Waals surface area (Å²) in [5, 5.41) is 10.9. The molecule has 2 heterocycles. The molecule has 7 heteroatoms. The first-order valence-corrected chi connectivity index (χ1v) is 9.61. The molecule has 3 aromatic rings. The lowest BCUT2D eigenvalue weighted by atomic mass is 10.1. The molecule has 1 atom stereocenters. The topological polar surface area (TPSA) is 81.4 Å². The Balaban J connectivity index is 1.66. The van der Waals surface area contributed by atoms with Gasteiger partial charge in [-0.2, -0.15) is 0 Å². The van der Waals surface area contributed by atoms with E-state index in [-0.39, 0.29) is 24.5 Å². The molecule has 0 saturated carbocycles. The van der Waals surface area contributed by atoms with Gasteiger partial charge in [-0.15, -0.1) is 11.3 Å². The summed E-state index contributed by atoms with van der Waals surface area (Å²) >= 11 is 1.50. The lowest BCUT2D eigenvalue weighted by Gasteiger charge is -2.14. The van der Waals surface area contributed by atoms with Gasteiger partial charge in [0.1, 0.15) is 23.3 Å². The zero-order chi connectivity index (χ0) is 19.6. The van der Waals surface area contributed by atoms with Crippen LogP contribution in [0.2, 0.25) is 0 Å². The predicted molar refractivity (Wildman–Crippen MR) is 106 cm³/mol. The number of hydrogen-bond acceptors (Lipinski definition) is 6. The number of Topliss-reactive ketones (excluding diaryl/α,β-unsaturated/α-hetero) is 1. The number of aromatic nitrogens is 2. The highest BCUT2D eigenvalue weighted by Crippen LogP contribution is 2.25. The summed E-state index contributed by atoms with van der Waals surface area (Å²) in [5.74, 6) is 0.634. The van der Waals surface area contributed by atoms with Gasteiger partial charge in [-0.3, -0.25) is 14.2 Å². The van der Waals surface area contributed by atoms with Crippen LogP contribution in [-0.2, 0) is 6.54 Å².